The molecule has 0 saturated heterocycles. The van der Waals surface area contributed by atoms with Crippen LogP contribution < -0.4 is 24.5 Å². The van der Waals surface area contributed by atoms with Gasteiger partial charge in [-0.05, 0) is 41.8 Å². The molecule has 0 saturated carbocycles. The van der Waals surface area contributed by atoms with E-state index in [0.29, 0.717) is 15.9 Å². The zero-order chi connectivity index (χ0) is 36.9. The highest BCUT2D eigenvalue weighted by atomic mass is 31.2. The van der Waals surface area contributed by atoms with E-state index in [4.69, 9.17) is 24.4 Å². The largest absolute Gasteiger partial charge is 0.524 e. The number of hydrogen-bond acceptors (Lipinski definition) is 11. The molecule has 0 radical (unpaired) electrons. The molecule has 0 spiro atoms. The molecular weight excluding hydrogens is 706 g/mol. The van der Waals surface area contributed by atoms with Gasteiger partial charge >= 0.3 is 21.6 Å². The maximum Gasteiger partial charge on any atom is 0.524 e. The Balaban J connectivity index is 1.51. The van der Waals surface area contributed by atoms with Crippen LogP contribution in [0.25, 0.3) is 0 Å². The zero-order valence-electron chi connectivity index (χ0n) is 26.3. The topological polar surface area (TPSA) is 284 Å². The van der Waals surface area contributed by atoms with Crippen LogP contribution in [-0.4, -0.2) is 89.3 Å². The molecule has 0 aliphatic rings. The number of nitrogens with one attached hydrogen (secondary N) is 2. The summed E-state index contributed by atoms with van der Waals surface area (Å²) in [7, 11) is -9.46. The van der Waals surface area contributed by atoms with Crippen LogP contribution in [0, 0.1) is 0 Å². The predicted octanol–water partition coefficient (Wildman–Crippen LogP) is 0.514. The Hall–Kier alpha value is -4.90. The molecule has 3 amide bonds. The van der Waals surface area contributed by atoms with E-state index < -0.39 is 51.1 Å². The van der Waals surface area contributed by atoms with Crippen molar-refractivity contribution in [2.75, 3.05) is 26.2 Å². The molecule has 8 N–H and O–H groups in total. The summed E-state index contributed by atoms with van der Waals surface area (Å²) < 4.78 is 31.4. The van der Waals surface area contributed by atoms with Crippen LogP contribution in [-0.2, 0) is 41.1 Å². The minimum absolute atomic E-state index is 0.0230. The summed E-state index contributed by atoms with van der Waals surface area (Å²) in [6.45, 7) is 0.114. The number of aromatic hydroxyl groups is 2. The lowest BCUT2D eigenvalue weighted by atomic mass is 10.1. The van der Waals surface area contributed by atoms with Crippen LogP contribution in [0.3, 0.4) is 0 Å². The maximum atomic E-state index is 13.1. The highest BCUT2D eigenvalue weighted by Crippen LogP contribution is 2.38. The summed E-state index contributed by atoms with van der Waals surface area (Å²) >= 11 is 0. The van der Waals surface area contributed by atoms with Gasteiger partial charge in [-0.25, -0.2) is 13.9 Å². The van der Waals surface area contributed by atoms with Gasteiger partial charge in [-0.15, -0.1) is 4.73 Å². The van der Waals surface area contributed by atoms with Crippen molar-refractivity contribution in [1.82, 2.24) is 20.3 Å². The van der Waals surface area contributed by atoms with Crippen molar-refractivity contribution < 1.29 is 72.0 Å². The van der Waals surface area contributed by atoms with Gasteiger partial charge in [0, 0.05) is 51.2 Å². The van der Waals surface area contributed by atoms with Crippen LogP contribution >= 0.6 is 15.6 Å². The lowest BCUT2D eigenvalue weighted by molar-refractivity contribution is -0.145. The maximum absolute atomic E-state index is 13.1. The molecule has 1 heterocycles. The second-order valence-electron chi connectivity index (χ2n) is 10.5. The molecule has 0 fully saturated rings. The first-order chi connectivity index (χ1) is 23.5. The van der Waals surface area contributed by atoms with Crippen molar-refractivity contribution in [1.29, 1.82) is 0 Å². The quantitative estimate of drug-likeness (QED) is 0.0777. The van der Waals surface area contributed by atoms with E-state index in [1.165, 1.54) is 53.4 Å². The van der Waals surface area contributed by atoms with E-state index in [9.17, 15) is 38.5 Å². The summed E-state index contributed by atoms with van der Waals surface area (Å²) in [5.41, 5.74) is 1.04. The Bertz CT molecular complexity index is 1610. The highest BCUT2D eigenvalue weighted by Gasteiger charge is 2.19. The zero-order valence-corrected chi connectivity index (χ0v) is 28.1. The van der Waals surface area contributed by atoms with Gasteiger partial charge in [-0.3, -0.25) is 34.0 Å². The Morgan fingerprint density at radius 1 is 0.660 bits per heavy atom. The number of phosphoric ester groups is 2. The van der Waals surface area contributed by atoms with E-state index in [0.717, 1.165) is 12.1 Å². The minimum Gasteiger partial charge on any atom is -0.492 e. The van der Waals surface area contributed by atoms with Gasteiger partial charge in [0.05, 0.1) is 12.8 Å². The van der Waals surface area contributed by atoms with Crippen molar-refractivity contribution in [2.45, 2.75) is 32.1 Å². The van der Waals surface area contributed by atoms with Gasteiger partial charge < -0.3 is 39.6 Å². The molecule has 3 rings (SSSR count). The SMILES string of the molecule is O=C(Cc1ccc(OP(=O)(O)O)cc1)NCCN(CCNC(=O)Cc1ccc(OP(=O)(O)O)cc1)C(=O)CCCC(=O)On1c(O)ccc1O. The molecule has 0 aliphatic carbocycles. The van der Waals surface area contributed by atoms with Gasteiger partial charge in [0.15, 0.2) is 0 Å². The van der Waals surface area contributed by atoms with E-state index in [-0.39, 0.29) is 69.8 Å². The van der Waals surface area contributed by atoms with Crippen molar-refractivity contribution in [3.63, 3.8) is 0 Å². The normalized spacial score (nSPS) is 11.4. The fourth-order valence-corrected chi connectivity index (χ4v) is 5.11. The van der Waals surface area contributed by atoms with Crippen LogP contribution in [0.1, 0.15) is 30.4 Å². The molecule has 0 aliphatic heterocycles. The summed E-state index contributed by atoms with van der Waals surface area (Å²) in [5.74, 6) is -3.22. The molecule has 50 heavy (non-hydrogen) atoms. The summed E-state index contributed by atoms with van der Waals surface area (Å²) in [4.78, 5) is 92.1. The first-order valence-corrected chi connectivity index (χ1v) is 17.8. The molecule has 2 aromatic carbocycles. The summed E-state index contributed by atoms with van der Waals surface area (Å²) in [5, 5.41) is 24.6. The third-order valence-electron chi connectivity index (χ3n) is 6.55. The second kappa shape index (κ2) is 18.2. The van der Waals surface area contributed by atoms with Gasteiger partial charge in [0.2, 0.25) is 29.5 Å². The number of benzene rings is 2. The van der Waals surface area contributed by atoms with Crippen molar-refractivity contribution >= 4 is 39.3 Å². The van der Waals surface area contributed by atoms with Gasteiger partial charge in [0.1, 0.15) is 11.5 Å². The summed E-state index contributed by atoms with van der Waals surface area (Å²) in [6, 6.07) is 13.2. The molecule has 1 aromatic heterocycles. The van der Waals surface area contributed by atoms with E-state index in [1.54, 1.807) is 0 Å². The molecule has 3 aromatic rings. The molecular formula is C29H36N4O15P2. The summed E-state index contributed by atoms with van der Waals surface area (Å²) in [6.07, 6.45) is -0.478. The minimum atomic E-state index is -4.73. The number of aromatic nitrogens is 1. The van der Waals surface area contributed by atoms with Crippen LogP contribution in [0.15, 0.2) is 60.7 Å². The molecule has 0 unspecified atom stereocenters. The Morgan fingerprint density at radius 3 is 1.48 bits per heavy atom. The fraction of sp³-hybridized carbons (Fsp3) is 0.310. The molecule has 0 atom stereocenters. The van der Waals surface area contributed by atoms with Crippen molar-refractivity contribution in [2.24, 2.45) is 0 Å². The average molecular weight is 743 g/mol. The standard InChI is InChI=1S/C29H36N4O15P2/c34-24(18-20-4-8-22(9-5-20)47-49(40,41)42)30-14-16-32(26(36)2-1-3-29(39)46-33-27(37)12-13-28(33)38)17-15-31-25(35)19-21-6-10-23(11-7-21)48-50(43,44)45/h4-13,37-38H,1-3,14-19H2,(H,30,34)(H,31,35)(H2,40,41,42)(H2,43,44,45). The number of rotatable bonds is 19. The molecule has 19 nitrogen and oxygen atoms in total. The lowest BCUT2D eigenvalue weighted by Gasteiger charge is -2.23. The molecule has 272 valence electrons. The molecule has 21 heteroatoms. The highest BCUT2D eigenvalue weighted by molar-refractivity contribution is 7.47. The fourth-order valence-electron chi connectivity index (χ4n) is 4.31. The van der Waals surface area contributed by atoms with Gasteiger partial charge in [-0.2, -0.15) is 0 Å². The predicted molar refractivity (Wildman–Crippen MR) is 171 cm³/mol. The van der Waals surface area contributed by atoms with Crippen molar-refractivity contribution in [3.8, 4) is 23.3 Å². The Morgan fingerprint density at radius 2 is 1.08 bits per heavy atom. The first-order valence-electron chi connectivity index (χ1n) is 14.8. The number of amides is 3. The molecule has 0 bridgehead atoms. The number of carbonyl (C=O) groups is 4. The lowest BCUT2D eigenvalue weighted by Crippen LogP contribution is -2.43. The van der Waals surface area contributed by atoms with E-state index >= 15 is 0 Å². The van der Waals surface area contributed by atoms with Gasteiger partial charge in [-0.1, -0.05) is 24.3 Å². The monoisotopic (exact) mass is 742 g/mol. The smallest absolute Gasteiger partial charge is 0.492 e. The third kappa shape index (κ3) is 14.7. The van der Waals surface area contributed by atoms with Gasteiger partial charge in [0.25, 0.3) is 0 Å². The number of hydrogen-bond donors (Lipinski definition) is 8. The second-order valence-corrected chi connectivity index (χ2v) is 12.9. The Labute approximate surface area is 284 Å². The van der Waals surface area contributed by atoms with E-state index in [1.807, 2.05) is 0 Å². The Kier molecular flexibility index (Phi) is 14.4. The van der Waals surface area contributed by atoms with Crippen molar-refractivity contribution in [3.05, 3.63) is 71.8 Å². The number of nitrogens with zero attached hydrogens (tertiary/aromatic N) is 2. The van der Waals surface area contributed by atoms with Crippen LogP contribution in [0.4, 0.5) is 0 Å². The first kappa shape index (κ1) is 39.5. The third-order valence-corrected chi connectivity index (χ3v) is 7.44. The van der Waals surface area contributed by atoms with Crippen LogP contribution in [0.5, 0.6) is 23.3 Å². The average Bonchev–Trinajstić information content (AvgIpc) is 3.33. The number of carbonyl (C=O) groups excluding carboxylic acids is 4. The van der Waals surface area contributed by atoms with Crippen LogP contribution in [0.2, 0.25) is 0 Å². The number of phosphoric acid groups is 2. The van der Waals surface area contributed by atoms with E-state index in [2.05, 4.69) is 19.7 Å².